The van der Waals surface area contributed by atoms with E-state index in [0.29, 0.717) is 18.7 Å². The van der Waals surface area contributed by atoms with Gasteiger partial charge in [-0.25, -0.2) is 13.6 Å². The minimum absolute atomic E-state index is 0.202. The number of aromatic nitrogens is 2. The first-order chi connectivity index (χ1) is 9.85. The SMILES string of the molecule is CCCC(COC)NC(=O)c1n[nH]c(CC)c1S(N)(=O)=O. The lowest BCUT2D eigenvalue weighted by molar-refractivity contribution is 0.0883. The number of carbonyl (C=O) groups excluding carboxylic acids is 1. The molecule has 0 bridgehead atoms. The Bertz CT molecular complexity index is 576. The second kappa shape index (κ2) is 7.53. The van der Waals surface area contributed by atoms with Crippen LogP contribution in [-0.2, 0) is 21.2 Å². The van der Waals surface area contributed by atoms with Crippen LogP contribution in [0.5, 0.6) is 0 Å². The van der Waals surface area contributed by atoms with Crippen molar-refractivity contribution in [3.8, 4) is 0 Å². The van der Waals surface area contributed by atoms with E-state index in [1.807, 2.05) is 6.92 Å². The molecular weight excluding hydrogens is 296 g/mol. The van der Waals surface area contributed by atoms with Crippen LogP contribution in [-0.4, -0.2) is 44.3 Å². The summed E-state index contributed by atoms with van der Waals surface area (Å²) in [6, 6.07) is -0.206. The van der Waals surface area contributed by atoms with Crippen LogP contribution in [0, 0.1) is 0 Å². The lowest BCUT2D eigenvalue weighted by Crippen LogP contribution is -2.38. The molecule has 4 N–H and O–H groups in total. The summed E-state index contributed by atoms with van der Waals surface area (Å²) >= 11 is 0. The minimum atomic E-state index is -4.02. The Morgan fingerprint density at radius 2 is 2.14 bits per heavy atom. The predicted octanol–water partition coefficient (Wildman–Crippen LogP) is 0.164. The molecule has 0 spiro atoms. The van der Waals surface area contributed by atoms with Gasteiger partial charge in [-0.2, -0.15) is 5.10 Å². The molecule has 1 rings (SSSR count). The Hall–Kier alpha value is -1.45. The summed E-state index contributed by atoms with van der Waals surface area (Å²) in [6.07, 6.45) is 1.95. The molecule has 9 heteroatoms. The Balaban J connectivity index is 3.05. The monoisotopic (exact) mass is 318 g/mol. The number of methoxy groups -OCH3 is 1. The summed E-state index contributed by atoms with van der Waals surface area (Å²) in [5.74, 6) is -0.578. The first kappa shape index (κ1) is 17.6. The number of aromatic amines is 1. The third-order valence-corrected chi connectivity index (χ3v) is 3.99. The fourth-order valence-corrected chi connectivity index (χ4v) is 3.01. The van der Waals surface area contributed by atoms with Gasteiger partial charge in [0.05, 0.1) is 18.3 Å². The Labute approximate surface area is 124 Å². The lowest BCUT2D eigenvalue weighted by atomic mass is 10.1. The van der Waals surface area contributed by atoms with Crippen LogP contribution in [0.1, 0.15) is 42.9 Å². The molecule has 1 heterocycles. The highest BCUT2D eigenvalue weighted by Crippen LogP contribution is 2.17. The van der Waals surface area contributed by atoms with Gasteiger partial charge >= 0.3 is 0 Å². The fraction of sp³-hybridized carbons (Fsp3) is 0.667. The van der Waals surface area contributed by atoms with Crippen LogP contribution in [0.15, 0.2) is 4.90 Å². The number of aryl methyl sites for hydroxylation is 1. The van der Waals surface area contributed by atoms with Crippen LogP contribution < -0.4 is 10.5 Å². The van der Waals surface area contributed by atoms with Crippen LogP contribution in [0.25, 0.3) is 0 Å². The largest absolute Gasteiger partial charge is 0.383 e. The van der Waals surface area contributed by atoms with Gasteiger partial charge in [-0.05, 0) is 12.8 Å². The zero-order valence-electron chi connectivity index (χ0n) is 12.5. The number of H-pyrrole nitrogens is 1. The molecule has 120 valence electrons. The second-order valence-corrected chi connectivity index (χ2v) is 6.19. The summed E-state index contributed by atoms with van der Waals surface area (Å²) in [5.41, 5.74) is 0.119. The number of nitrogens with zero attached hydrogens (tertiary/aromatic N) is 1. The van der Waals surface area contributed by atoms with Gasteiger partial charge in [0.25, 0.3) is 5.91 Å². The quantitative estimate of drug-likeness (QED) is 0.629. The summed E-state index contributed by atoms with van der Waals surface area (Å²) in [5, 5.41) is 14.2. The van der Waals surface area contributed by atoms with Crippen molar-refractivity contribution in [3.05, 3.63) is 11.4 Å². The Morgan fingerprint density at radius 3 is 2.62 bits per heavy atom. The van der Waals surface area contributed by atoms with Gasteiger partial charge in [-0.1, -0.05) is 20.3 Å². The average molecular weight is 318 g/mol. The highest BCUT2D eigenvalue weighted by molar-refractivity contribution is 7.89. The van der Waals surface area contributed by atoms with Crippen LogP contribution in [0.4, 0.5) is 0 Å². The van der Waals surface area contributed by atoms with E-state index in [0.717, 1.165) is 12.8 Å². The van der Waals surface area contributed by atoms with E-state index >= 15 is 0 Å². The number of rotatable bonds is 8. The van der Waals surface area contributed by atoms with Crippen LogP contribution in [0.3, 0.4) is 0 Å². The standard InChI is InChI=1S/C12H22N4O4S/c1-4-6-8(7-20-3)14-12(17)10-11(21(13,18)19)9(5-2)15-16-10/h8H,4-7H2,1-3H3,(H,14,17)(H,15,16)(H2,13,18,19). The molecule has 0 fully saturated rings. The third kappa shape index (κ3) is 4.51. The second-order valence-electron chi connectivity index (χ2n) is 4.69. The van der Waals surface area contributed by atoms with Crippen LogP contribution >= 0.6 is 0 Å². The number of sulfonamides is 1. The molecule has 0 saturated heterocycles. The van der Waals surface area contributed by atoms with Crippen molar-refractivity contribution < 1.29 is 17.9 Å². The van der Waals surface area contributed by atoms with E-state index < -0.39 is 15.9 Å². The molecule has 0 aliphatic heterocycles. The van der Waals surface area contributed by atoms with Gasteiger partial charge in [0.1, 0.15) is 4.90 Å². The summed E-state index contributed by atoms with van der Waals surface area (Å²) < 4.78 is 28.3. The molecule has 1 amide bonds. The topological polar surface area (TPSA) is 127 Å². The van der Waals surface area contributed by atoms with E-state index in [9.17, 15) is 13.2 Å². The average Bonchev–Trinajstić information content (AvgIpc) is 2.83. The number of hydrogen-bond donors (Lipinski definition) is 3. The fourth-order valence-electron chi connectivity index (χ4n) is 2.07. The molecule has 0 aliphatic carbocycles. The van der Waals surface area contributed by atoms with Crippen molar-refractivity contribution in [1.29, 1.82) is 0 Å². The molecule has 8 nitrogen and oxygen atoms in total. The number of hydrogen-bond acceptors (Lipinski definition) is 5. The van der Waals surface area contributed by atoms with Gasteiger partial charge in [-0.3, -0.25) is 9.89 Å². The van der Waals surface area contributed by atoms with E-state index in [2.05, 4.69) is 15.5 Å². The lowest BCUT2D eigenvalue weighted by Gasteiger charge is -2.16. The van der Waals surface area contributed by atoms with E-state index in [4.69, 9.17) is 9.88 Å². The molecule has 0 aliphatic rings. The Morgan fingerprint density at radius 1 is 1.48 bits per heavy atom. The molecule has 1 unspecified atom stereocenters. The van der Waals surface area contributed by atoms with E-state index in [1.165, 1.54) is 7.11 Å². The number of nitrogens with one attached hydrogen (secondary N) is 2. The molecule has 0 aromatic carbocycles. The summed E-state index contributed by atoms with van der Waals surface area (Å²) in [6.45, 7) is 4.07. The van der Waals surface area contributed by atoms with E-state index in [-0.39, 0.29) is 16.6 Å². The molecule has 0 radical (unpaired) electrons. The van der Waals surface area contributed by atoms with Crippen molar-refractivity contribution in [2.24, 2.45) is 5.14 Å². The first-order valence-corrected chi connectivity index (χ1v) is 8.29. The van der Waals surface area contributed by atoms with Crippen LogP contribution in [0.2, 0.25) is 0 Å². The van der Waals surface area contributed by atoms with E-state index in [1.54, 1.807) is 6.92 Å². The number of nitrogens with two attached hydrogens (primary N) is 1. The normalized spacial score (nSPS) is 13.1. The molecule has 1 aromatic heterocycles. The maximum atomic E-state index is 12.2. The van der Waals surface area contributed by atoms with Crippen molar-refractivity contribution in [1.82, 2.24) is 15.5 Å². The number of ether oxygens (including phenoxy) is 1. The molecule has 1 aromatic rings. The molecular formula is C12H22N4O4S. The highest BCUT2D eigenvalue weighted by Gasteiger charge is 2.27. The Kier molecular flexibility index (Phi) is 6.31. The van der Waals surface area contributed by atoms with Gasteiger partial charge in [0.15, 0.2) is 5.69 Å². The van der Waals surface area contributed by atoms with Crippen molar-refractivity contribution in [2.75, 3.05) is 13.7 Å². The van der Waals surface area contributed by atoms with Gasteiger partial charge in [0.2, 0.25) is 10.0 Å². The number of carbonyl (C=O) groups is 1. The molecule has 0 saturated carbocycles. The first-order valence-electron chi connectivity index (χ1n) is 6.74. The maximum Gasteiger partial charge on any atom is 0.273 e. The van der Waals surface area contributed by atoms with Crippen molar-refractivity contribution in [3.63, 3.8) is 0 Å². The van der Waals surface area contributed by atoms with Gasteiger partial charge in [-0.15, -0.1) is 0 Å². The smallest absolute Gasteiger partial charge is 0.273 e. The number of primary sulfonamides is 1. The molecule has 21 heavy (non-hydrogen) atoms. The minimum Gasteiger partial charge on any atom is -0.383 e. The van der Waals surface area contributed by atoms with Crippen molar-refractivity contribution in [2.45, 2.75) is 44.0 Å². The van der Waals surface area contributed by atoms with Gasteiger partial charge < -0.3 is 10.1 Å². The summed E-state index contributed by atoms with van der Waals surface area (Å²) in [7, 11) is -2.49. The predicted molar refractivity (Wildman–Crippen MR) is 77.4 cm³/mol. The highest BCUT2D eigenvalue weighted by atomic mass is 32.2. The van der Waals surface area contributed by atoms with Gasteiger partial charge in [0, 0.05) is 7.11 Å². The molecule has 1 atom stereocenters. The van der Waals surface area contributed by atoms with Crippen molar-refractivity contribution >= 4 is 15.9 Å². The zero-order valence-corrected chi connectivity index (χ0v) is 13.3. The summed E-state index contributed by atoms with van der Waals surface area (Å²) in [4.78, 5) is 12.0. The maximum absolute atomic E-state index is 12.2. The third-order valence-electron chi connectivity index (χ3n) is 2.99. The number of amides is 1. The zero-order chi connectivity index (χ0) is 16.0.